The molecule has 5 nitrogen and oxygen atoms in total. The van der Waals surface area contributed by atoms with E-state index in [0.29, 0.717) is 17.7 Å². The number of thioether (sulfide) groups is 1. The molecule has 2 atom stereocenters. The van der Waals surface area contributed by atoms with Gasteiger partial charge in [0, 0.05) is 6.04 Å². The third-order valence-electron chi connectivity index (χ3n) is 5.19. The van der Waals surface area contributed by atoms with Gasteiger partial charge in [-0.05, 0) is 56.7 Å². The van der Waals surface area contributed by atoms with Gasteiger partial charge in [-0.25, -0.2) is 0 Å². The largest absolute Gasteiger partial charge is 0.352 e. The highest BCUT2D eigenvalue weighted by Crippen LogP contribution is 2.26. The van der Waals surface area contributed by atoms with E-state index in [9.17, 15) is 4.79 Å². The lowest BCUT2D eigenvalue weighted by Gasteiger charge is -2.29. The zero-order valence-corrected chi connectivity index (χ0v) is 16.9. The predicted octanol–water partition coefficient (Wildman–Crippen LogP) is 3.98. The lowest BCUT2D eigenvalue weighted by molar-refractivity contribution is -0.119. The molecule has 2 aromatic rings. The fraction of sp³-hybridized carbons (Fsp3) is 0.550. The van der Waals surface area contributed by atoms with Gasteiger partial charge in [-0.15, -0.1) is 10.2 Å². The van der Waals surface area contributed by atoms with Crippen molar-refractivity contribution in [1.82, 2.24) is 20.1 Å². The van der Waals surface area contributed by atoms with E-state index in [-0.39, 0.29) is 5.91 Å². The Morgan fingerprint density at radius 1 is 1.23 bits per heavy atom. The minimum Gasteiger partial charge on any atom is -0.352 e. The molecule has 2 unspecified atom stereocenters. The number of aryl methyl sites for hydroxylation is 3. The van der Waals surface area contributed by atoms with E-state index < -0.39 is 0 Å². The van der Waals surface area contributed by atoms with Crippen LogP contribution >= 0.6 is 11.8 Å². The number of nitrogens with zero attached hydrogens (tertiary/aromatic N) is 3. The van der Waals surface area contributed by atoms with Gasteiger partial charge in [0.1, 0.15) is 5.82 Å². The first-order chi connectivity index (χ1) is 12.5. The number of hydrogen-bond acceptors (Lipinski definition) is 4. The van der Waals surface area contributed by atoms with E-state index in [1.807, 2.05) is 11.5 Å². The second-order valence-corrected chi connectivity index (χ2v) is 8.32. The van der Waals surface area contributed by atoms with Crippen LogP contribution in [0, 0.1) is 26.7 Å². The van der Waals surface area contributed by atoms with E-state index in [1.165, 1.54) is 42.2 Å². The van der Waals surface area contributed by atoms with Crippen molar-refractivity contribution in [3.05, 3.63) is 35.2 Å². The van der Waals surface area contributed by atoms with Gasteiger partial charge in [-0.3, -0.25) is 9.36 Å². The van der Waals surface area contributed by atoms with Crippen molar-refractivity contribution in [2.45, 2.75) is 64.6 Å². The first kappa shape index (κ1) is 19.0. The molecule has 0 spiro atoms. The van der Waals surface area contributed by atoms with E-state index >= 15 is 0 Å². The van der Waals surface area contributed by atoms with Crippen molar-refractivity contribution in [2.24, 2.45) is 5.92 Å². The lowest BCUT2D eigenvalue weighted by atomic mass is 9.86. The summed E-state index contributed by atoms with van der Waals surface area (Å²) < 4.78 is 2.05. The molecular formula is C20H28N4OS. The molecule has 26 heavy (non-hydrogen) atoms. The monoisotopic (exact) mass is 372 g/mol. The van der Waals surface area contributed by atoms with Gasteiger partial charge in [0.15, 0.2) is 5.16 Å². The number of carbonyl (C=O) groups excluding carboxylic acids is 1. The maximum atomic E-state index is 12.4. The highest BCUT2D eigenvalue weighted by molar-refractivity contribution is 7.99. The minimum absolute atomic E-state index is 0.0851. The van der Waals surface area contributed by atoms with Gasteiger partial charge < -0.3 is 5.32 Å². The second kappa shape index (κ2) is 8.25. The number of nitrogens with one attached hydrogen (secondary N) is 1. The Morgan fingerprint density at radius 3 is 2.77 bits per heavy atom. The fourth-order valence-corrected chi connectivity index (χ4v) is 4.38. The molecule has 6 heteroatoms. The van der Waals surface area contributed by atoms with Crippen molar-refractivity contribution in [2.75, 3.05) is 5.75 Å². The molecule has 1 aromatic heterocycles. The van der Waals surface area contributed by atoms with Crippen molar-refractivity contribution >= 4 is 17.7 Å². The molecule has 0 aliphatic heterocycles. The molecular weight excluding hydrogens is 344 g/mol. The number of rotatable bonds is 5. The number of carbonyl (C=O) groups is 1. The summed E-state index contributed by atoms with van der Waals surface area (Å²) in [5, 5.41) is 12.5. The van der Waals surface area contributed by atoms with Gasteiger partial charge in [-0.1, -0.05) is 43.7 Å². The van der Waals surface area contributed by atoms with Gasteiger partial charge in [0.25, 0.3) is 0 Å². The number of aromatic nitrogens is 3. The predicted molar refractivity (Wildman–Crippen MR) is 106 cm³/mol. The van der Waals surface area contributed by atoms with Crippen LogP contribution in [-0.2, 0) is 4.79 Å². The molecule has 1 N–H and O–H groups in total. The summed E-state index contributed by atoms with van der Waals surface area (Å²) in [4.78, 5) is 12.4. The average Bonchev–Trinajstić information content (AvgIpc) is 2.98. The van der Waals surface area contributed by atoms with Crippen LogP contribution in [0.25, 0.3) is 5.69 Å². The Bertz CT molecular complexity index is 786. The quantitative estimate of drug-likeness (QED) is 0.807. The Balaban J connectivity index is 1.69. The van der Waals surface area contributed by atoms with Gasteiger partial charge in [0.2, 0.25) is 5.91 Å². The van der Waals surface area contributed by atoms with E-state index in [1.54, 1.807) is 0 Å². The van der Waals surface area contributed by atoms with Crippen molar-refractivity contribution in [3.63, 3.8) is 0 Å². The minimum atomic E-state index is 0.0851. The maximum absolute atomic E-state index is 12.4. The molecule has 1 aromatic carbocycles. The number of amides is 1. The standard InChI is InChI=1S/C20H28N4OS/c1-13-9-10-15(3)18(11-13)24-16(4)22-23-20(24)26-12-19(25)21-17-8-6-5-7-14(17)2/h9-11,14,17H,5-8,12H2,1-4H3,(H,21,25). The lowest BCUT2D eigenvalue weighted by Crippen LogP contribution is -2.41. The Hall–Kier alpha value is -1.82. The van der Waals surface area contributed by atoms with Crippen LogP contribution in [0.2, 0.25) is 0 Å². The van der Waals surface area contributed by atoms with Crippen LogP contribution < -0.4 is 5.32 Å². The highest BCUT2D eigenvalue weighted by atomic mass is 32.2. The van der Waals surface area contributed by atoms with Crippen LogP contribution in [-0.4, -0.2) is 32.5 Å². The smallest absolute Gasteiger partial charge is 0.230 e. The van der Waals surface area contributed by atoms with Crippen LogP contribution in [0.5, 0.6) is 0 Å². The first-order valence-corrected chi connectivity index (χ1v) is 10.4. The van der Waals surface area contributed by atoms with Crippen LogP contribution in [0.1, 0.15) is 49.6 Å². The van der Waals surface area contributed by atoms with E-state index in [2.05, 4.69) is 54.5 Å². The fourth-order valence-electron chi connectivity index (χ4n) is 3.58. The molecule has 1 amide bonds. The third-order valence-corrected chi connectivity index (χ3v) is 6.12. The average molecular weight is 373 g/mol. The van der Waals surface area contributed by atoms with Crippen molar-refractivity contribution in [1.29, 1.82) is 0 Å². The highest BCUT2D eigenvalue weighted by Gasteiger charge is 2.23. The van der Waals surface area contributed by atoms with Crippen LogP contribution in [0.15, 0.2) is 23.4 Å². The molecule has 0 radical (unpaired) electrons. The molecule has 0 bridgehead atoms. The number of benzene rings is 1. The summed E-state index contributed by atoms with van der Waals surface area (Å²) in [7, 11) is 0. The topological polar surface area (TPSA) is 59.8 Å². The molecule has 1 saturated carbocycles. The number of hydrogen-bond donors (Lipinski definition) is 1. The summed E-state index contributed by atoms with van der Waals surface area (Å²) in [6.45, 7) is 8.34. The zero-order valence-electron chi connectivity index (χ0n) is 16.1. The molecule has 1 aliphatic rings. The summed E-state index contributed by atoms with van der Waals surface area (Å²) in [5.74, 6) is 1.86. The van der Waals surface area contributed by atoms with Crippen molar-refractivity contribution < 1.29 is 4.79 Å². The first-order valence-electron chi connectivity index (χ1n) is 9.37. The molecule has 1 aliphatic carbocycles. The van der Waals surface area contributed by atoms with Crippen molar-refractivity contribution in [3.8, 4) is 5.69 Å². The summed E-state index contributed by atoms with van der Waals surface area (Å²) >= 11 is 1.45. The second-order valence-electron chi connectivity index (χ2n) is 7.38. The van der Waals surface area contributed by atoms with Crippen LogP contribution in [0.3, 0.4) is 0 Å². The summed E-state index contributed by atoms with van der Waals surface area (Å²) in [6.07, 6.45) is 4.79. The molecule has 0 saturated heterocycles. The zero-order chi connectivity index (χ0) is 18.7. The van der Waals surface area contributed by atoms with E-state index in [0.717, 1.165) is 23.1 Å². The Labute approximate surface area is 160 Å². The normalized spacial score (nSPS) is 20.2. The molecule has 3 rings (SSSR count). The van der Waals surface area contributed by atoms with Gasteiger partial charge in [0.05, 0.1) is 11.4 Å². The molecule has 1 heterocycles. The molecule has 1 fully saturated rings. The van der Waals surface area contributed by atoms with Crippen LogP contribution in [0.4, 0.5) is 0 Å². The summed E-state index contributed by atoms with van der Waals surface area (Å²) in [6, 6.07) is 6.66. The third kappa shape index (κ3) is 4.29. The van der Waals surface area contributed by atoms with Gasteiger partial charge >= 0.3 is 0 Å². The Morgan fingerprint density at radius 2 is 2.00 bits per heavy atom. The van der Waals surface area contributed by atoms with Gasteiger partial charge in [-0.2, -0.15) is 0 Å². The summed E-state index contributed by atoms with van der Waals surface area (Å²) in [5.41, 5.74) is 3.44. The molecule has 140 valence electrons. The van der Waals surface area contributed by atoms with E-state index in [4.69, 9.17) is 0 Å². The SMILES string of the molecule is Cc1ccc(C)c(-n2c(C)nnc2SCC(=O)NC2CCCCC2C)c1. The maximum Gasteiger partial charge on any atom is 0.230 e. The Kier molecular flexibility index (Phi) is 6.01.